The first kappa shape index (κ1) is 21.1. The number of aromatic nitrogens is 2. The van der Waals surface area contributed by atoms with Gasteiger partial charge in [-0.05, 0) is 19.4 Å². The van der Waals surface area contributed by atoms with Gasteiger partial charge < -0.3 is 19.5 Å². The number of rotatable bonds is 7. The minimum atomic E-state index is -0.718. The first-order chi connectivity index (χ1) is 13.2. The summed E-state index contributed by atoms with van der Waals surface area (Å²) in [5, 5.41) is 5.38. The van der Waals surface area contributed by atoms with E-state index >= 15 is 0 Å². The molecule has 0 radical (unpaired) electrons. The molecule has 2 aromatic heterocycles. The Hall–Kier alpha value is -3.21. The molecule has 0 aliphatic heterocycles. The number of thiophene rings is 1. The number of esters is 1. The van der Waals surface area contributed by atoms with Crippen molar-refractivity contribution < 1.29 is 28.6 Å². The Balaban J connectivity index is 2.05. The zero-order valence-corrected chi connectivity index (χ0v) is 16.9. The number of hydrogen-bond acceptors (Lipinski definition) is 9. The molecule has 0 saturated carbocycles. The predicted octanol–water partition coefficient (Wildman–Crippen LogP) is 1.93. The Morgan fingerprint density at radius 3 is 2.21 bits per heavy atom. The summed E-state index contributed by atoms with van der Waals surface area (Å²) in [7, 11) is 2.82. The maximum Gasteiger partial charge on any atom is 0.341 e. The van der Waals surface area contributed by atoms with Crippen molar-refractivity contribution in [3.8, 4) is 11.8 Å². The zero-order valence-electron chi connectivity index (χ0n) is 16.0. The van der Waals surface area contributed by atoms with Gasteiger partial charge in [-0.2, -0.15) is 9.97 Å². The molecule has 2 aromatic rings. The Labute approximate surface area is 165 Å². The summed E-state index contributed by atoms with van der Waals surface area (Å²) < 4.78 is 15.1. The van der Waals surface area contributed by atoms with Crippen molar-refractivity contribution in [3.63, 3.8) is 0 Å². The third-order valence-electron chi connectivity index (χ3n) is 3.56. The number of methoxy groups -OCH3 is 2. The summed E-state index contributed by atoms with van der Waals surface area (Å²) in [4.78, 5) is 44.6. The molecule has 28 heavy (non-hydrogen) atoms. The summed E-state index contributed by atoms with van der Waals surface area (Å²) in [5.74, 6) is -1.33. The highest BCUT2D eigenvalue weighted by Gasteiger charge is 2.22. The zero-order chi connectivity index (χ0) is 20.8. The first-order valence-corrected chi connectivity index (χ1v) is 8.88. The van der Waals surface area contributed by atoms with E-state index in [9.17, 15) is 14.4 Å². The predicted molar refractivity (Wildman–Crippen MR) is 102 cm³/mol. The molecule has 0 bridgehead atoms. The van der Waals surface area contributed by atoms with E-state index in [1.807, 2.05) is 6.92 Å². The van der Waals surface area contributed by atoms with Crippen LogP contribution in [0.3, 0.4) is 0 Å². The van der Waals surface area contributed by atoms with Gasteiger partial charge in [0, 0.05) is 11.8 Å². The smallest absolute Gasteiger partial charge is 0.341 e. The highest BCUT2D eigenvalue weighted by Crippen LogP contribution is 2.33. The molecule has 2 heterocycles. The van der Waals surface area contributed by atoms with E-state index < -0.39 is 18.5 Å². The minimum absolute atomic E-state index is 0.0567. The van der Waals surface area contributed by atoms with Gasteiger partial charge in [-0.1, -0.05) is 0 Å². The van der Waals surface area contributed by atoms with Crippen LogP contribution in [0.2, 0.25) is 0 Å². The number of amides is 2. The molecule has 0 fully saturated rings. The van der Waals surface area contributed by atoms with Gasteiger partial charge in [0.25, 0.3) is 5.91 Å². The van der Waals surface area contributed by atoms with Gasteiger partial charge in [0.15, 0.2) is 6.61 Å². The largest absolute Gasteiger partial charge is 0.481 e. The minimum Gasteiger partial charge on any atom is -0.481 e. The van der Waals surface area contributed by atoms with E-state index in [1.165, 1.54) is 38.5 Å². The topological polar surface area (TPSA) is 129 Å². The molecule has 0 atom stereocenters. The average molecular weight is 408 g/mol. The Morgan fingerprint density at radius 1 is 1.07 bits per heavy atom. The molecule has 2 N–H and O–H groups in total. The molecule has 0 aliphatic rings. The molecule has 0 aromatic carbocycles. The van der Waals surface area contributed by atoms with E-state index in [4.69, 9.17) is 14.2 Å². The summed E-state index contributed by atoms with van der Waals surface area (Å²) in [6, 6.07) is 1.45. The van der Waals surface area contributed by atoms with Crippen molar-refractivity contribution >= 4 is 40.1 Å². The molecule has 2 amide bonds. The number of hydrogen-bond donors (Lipinski definition) is 2. The third kappa shape index (κ3) is 5.16. The average Bonchev–Trinajstić information content (AvgIpc) is 2.92. The maximum atomic E-state index is 12.4. The molecular formula is C17H20N4O6S. The van der Waals surface area contributed by atoms with Crippen LogP contribution in [0.15, 0.2) is 6.07 Å². The third-order valence-corrected chi connectivity index (χ3v) is 4.68. The fourth-order valence-corrected chi connectivity index (χ4v) is 3.25. The normalized spacial score (nSPS) is 10.2. The van der Waals surface area contributed by atoms with Crippen molar-refractivity contribution in [1.29, 1.82) is 0 Å². The molecule has 0 spiro atoms. The van der Waals surface area contributed by atoms with Crippen molar-refractivity contribution in [2.24, 2.45) is 0 Å². The Bertz CT molecular complexity index is 889. The van der Waals surface area contributed by atoms with Gasteiger partial charge in [0.1, 0.15) is 5.00 Å². The molecule has 2 rings (SSSR count). The van der Waals surface area contributed by atoms with Gasteiger partial charge in [-0.3, -0.25) is 14.9 Å². The summed E-state index contributed by atoms with van der Waals surface area (Å²) in [6.07, 6.45) is 0. The van der Waals surface area contributed by atoms with Crippen LogP contribution in [0.25, 0.3) is 0 Å². The van der Waals surface area contributed by atoms with E-state index in [2.05, 4.69) is 20.6 Å². The number of ether oxygens (including phenoxy) is 3. The van der Waals surface area contributed by atoms with E-state index in [0.29, 0.717) is 10.6 Å². The lowest BCUT2D eigenvalue weighted by atomic mass is 10.1. The summed E-state index contributed by atoms with van der Waals surface area (Å²) in [6.45, 7) is 4.34. The summed E-state index contributed by atoms with van der Waals surface area (Å²) in [5.41, 5.74) is 0.907. The molecular weight excluding hydrogens is 388 g/mol. The van der Waals surface area contributed by atoms with Crippen LogP contribution in [0.1, 0.15) is 27.7 Å². The number of aryl methyl sites for hydroxylation is 1. The van der Waals surface area contributed by atoms with Crippen molar-refractivity contribution in [2.75, 3.05) is 31.5 Å². The molecule has 0 saturated heterocycles. The van der Waals surface area contributed by atoms with Crippen LogP contribution in [0, 0.1) is 13.8 Å². The molecule has 11 heteroatoms. The molecule has 150 valence electrons. The number of nitrogens with zero attached hydrogens (tertiary/aromatic N) is 2. The molecule has 0 aliphatic carbocycles. The van der Waals surface area contributed by atoms with Crippen molar-refractivity contribution in [2.45, 2.75) is 20.8 Å². The highest BCUT2D eigenvalue weighted by molar-refractivity contribution is 7.16. The standard InChI is InChI=1S/C17H20N4O6S/c1-8-9(2)28-15(18-10(3)22)14(8)16(24)27-7-11(23)19-17-20-12(25-4)6-13(21-17)26-5/h6H,7H2,1-5H3,(H,18,22)(H,19,20,21,23). The molecule has 0 unspecified atom stereocenters. The fourth-order valence-electron chi connectivity index (χ4n) is 2.15. The first-order valence-electron chi connectivity index (χ1n) is 8.06. The number of carbonyl (C=O) groups is 3. The number of carbonyl (C=O) groups excluding carboxylic acids is 3. The maximum absolute atomic E-state index is 12.4. The second kappa shape index (κ2) is 9.13. The number of nitrogens with one attached hydrogen (secondary N) is 2. The monoisotopic (exact) mass is 408 g/mol. The molecule has 10 nitrogen and oxygen atoms in total. The van der Waals surface area contributed by atoms with E-state index in [0.717, 1.165) is 4.88 Å². The Kier molecular flexibility index (Phi) is 6.88. The lowest BCUT2D eigenvalue weighted by Gasteiger charge is -2.09. The van der Waals surface area contributed by atoms with Gasteiger partial charge in [0.2, 0.25) is 23.6 Å². The second-order valence-corrected chi connectivity index (χ2v) is 6.79. The van der Waals surface area contributed by atoms with E-state index in [-0.39, 0.29) is 29.2 Å². The van der Waals surface area contributed by atoms with Gasteiger partial charge in [0.05, 0.1) is 25.8 Å². The van der Waals surface area contributed by atoms with Crippen molar-refractivity contribution in [1.82, 2.24) is 9.97 Å². The SMILES string of the molecule is COc1cc(OC)nc(NC(=O)COC(=O)c2c(NC(C)=O)sc(C)c2C)n1. The Morgan fingerprint density at radius 2 is 1.68 bits per heavy atom. The van der Waals surface area contributed by atoms with Crippen LogP contribution in [0.5, 0.6) is 11.8 Å². The number of anilines is 2. The quantitative estimate of drug-likeness (QED) is 0.665. The van der Waals surface area contributed by atoms with Crippen LogP contribution in [-0.4, -0.2) is 48.6 Å². The van der Waals surface area contributed by atoms with Crippen molar-refractivity contribution in [3.05, 3.63) is 22.1 Å². The lowest BCUT2D eigenvalue weighted by Crippen LogP contribution is -2.23. The summed E-state index contributed by atoms with van der Waals surface area (Å²) >= 11 is 1.26. The van der Waals surface area contributed by atoms with Crippen LogP contribution in [0.4, 0.5) is 10.9 Å². The highest BCUT2D eigenvalue weighted by atomic mass is 32.1. The van der Waals surface area contributed by atoms with Gasteiger partial charge >= 0.3 is 5.97 Å². The van der Waals surface area contributed by atoms with Crippen LogP contribution < -0.4 is 20.1 Å². The lowest BCUT2D eigenvalue weighted by molar-refractivity contribution is -0.119. The van der Waals surface area contributed by atoms with Gasteiger partial charge in [-0.25, -0.2) is 4.79 Å². The van der Waals surface area contributed by atoms with Crippen LogP contribution >= 0.6 is 11.3 Å². The second-order valence-electron chi connectivity index (χ2n) is 5.57. The van der Waals surface area contributed by atoms with E-state index in [1.54, 1.807) is 6.92 Å². The van der Waals surface area contributed by atoms with Gasteiger partial charge in [-0.15, -0.1) is 11.3 Å². The fraction of sp³-hybridized carbons (Fsp3) is 0.353. The van der Waals surface area contributed by atoms with Crippen LogP contribution in [-0.2, 0) is 14.3 Å².